The molecule has 1 fully saturated rings. The highest BCUT2D eigenvalue weighted by atomic mass is 16.5. The predicted octanol–water partition coefficient (Wildman–Crippen LogP) is 5.68. The fraction of sp³-hybridized carbons (Fsp3) is 0.174. The molecule has 0 heterocycles. The summed E-state index contributed by atoms with van der Waals surface area (Å²) in [5, 5.41) is 6.09. The van der Waals surface area contributed by atoms with Crippen LogP contribution in [0.15, 0.2) is 84.9 Å². The Balaban J connectivity index is 1.38. The summed E-state index contributed by atoms with van der Waals surface area (Å²) in [5.41, 5.74) is 1.65. The molecule has 0 spiro atoms. The Labute approximate surface area is 159 Å². The van der Waals surface area contributed by atoms with Crippen LogP contribution >= 0.6 is 0 Å². The number of anilines is 1. The maximum Gasteiger partial charge on any atom is 0.319 e. The first-order chi connectivity index (χ1) is 13.2. The van der Waals surface area contributed by atoms with Gasteiger partial charge in [-0.3, -0.25) is 0 Å². The summed E-state index contributed by atoms with van der Waals surface area (Å²) < 4.78 is 5.77. The number of carbonyl (C=O) groups is 1. The Morgan fingerprint density at radius 1 is 0.778 bits per heavy atom. The number of benzene rings is 3. The van der Waals surface area contributed by atoms with Gasteiger partial charge in [0.15, 0.2) is 0 Å². The second-order valence-electron chi connectivity index (χ2n) is 6.82. The number of rotatable bonds is 5. The Hall–Kier alpha value is -3.27. The molecule has 3 aromatic rings. The van der Waals surface area contributed by atoms with Crippen molar-refractivity contribution < 1.29 is 9.53 Å². The van der Waals surface area contributed by atoms with Crippen molar-refractivity contribution in [3.8, 4) is 11.5 Å². The van der Waals surface area contributed by atoms with Gasteiger partial charge in [-0.15, -0.1) is 0 Å². The van der Waals surface area contributed by atoms with E-state index in [1.54, 1.807) is 0 Å². The van der Waals surface area contributed by atoms with Crippen LogP contribution in [0, 0.1) is 0 Å². The van der Waals surface area contributed by atoms with Crippen molar-refractivity contribution in [3.63, 3.8) is 0 Å². The molecule has 4 nitrogen and oxygen atoms in total. The van der Waals surface area contributed by atoms with E-state index in [1.807, 2.05) is 72.8 Å². The van der Waals surface area contributed by atoms with Crippen LogP contribution < -0.4 is 15.4 Å². The molecular formula is C23H22N2O2. The van der Waals surface area contributed by atoms with Gasteiger partial charge in [-0.25, -0.2) is 4.79 Å². The van der Waals surface area contributed by atoms with Crippen molar-refractivity contribution in [2.75, 3.05) is 5.32 Å². The molecular weight excluding hydrogens is 336 g/mol. The predicted molar refractivity (Wildman–Crippen MR) is 107 cm³/mol. The molecule has 4 rings (SSSR count). The lowest BCUT2D eigenvalue weighted by Crippen LogP contribution is -2.52. The number of carbonyl (C=O) groups excluding carboxylic acids is 1. The van der Waals surface area contributed by atoms with Gasteiger partial charge in [-0.05, 0) is 61.2 Å². The third kappa shape index (κ3) is 3.95. The smallest absolute Gasteiger partial charge is 0.319 e. The van der Waals surface area contributed by atoms with Gasteiger partial charge in [0.2, 0.25) is 0 Å². The molecule has 0 bridgehead atoms. The van der Waals surface area contributed by atoms with E-state index in [9.17, 15) is 4.79 Å². The summed E-state index contributed by atoms with van der Waals surface area (Å²) in [6, 6.07) is 27.0. The second-order valence-corrected chi connectivity index (χ2v) is 6.82. The number of nitrogens with one attached hydrogen (secondary N) is 2. The monoisotopic (exact) mass is 358 g/mol. The lowest BCUT2D eigenvalue weighted by molar-refractivity contribution is 0.185. The zero-order chi connectivity index (χ0) is 18.5. The Morgan fingerprint density at radius 3 is 1.96 bits per heavy atom. The van der Waals surface area contributed by atoms with E-state index in [0.29, 0.717) is 0 Å². The van der Waals surface area contributed by atoms with E-state index >= 15 is 0 Å². The summed E-state index contributed by atoms with van der Waals surface area (Å²) in [5.74, 6) is 1.51. The lowest BCUT2D eigenvalue weighted by atomic mass is 9.72. The SMILES string of the molecule is O=C(Nc1ccc(Oc2ccccc2)cc1)NC1(c2ccccc2)CCC1. The van der Waals surface area contributed by atoms with Crippen molar-refractivity contribution in [2.24, 2.45) is 0 Å². The number of para-hydroxylation sites is 1. The first-order valence-electron chi connectivity index (χ1n) is 9.21. The highest BCUT2D eigenvalue weighted by Gasteiger charge is 2.39. The molecule has 3 aromatic carbocycles. The molecule has 0 aromatic heterocycles. The van der Waals surface area contributed by atoms with Gasteiger partial charge >= 0.3 is 6.03 Å². The van der Waals surface area contributed by atoms with Gasteiger partial charge in [-0.2, -0.15) is 0 Å². The van der Waals surface area contributed by atoms with E-state index in [-0.39, 0.29) is 11.6 Å². The zero-order valence-corrected chi connectivity index (χ0v) is 15.0. The summed E-state index contributed by atoms with van der Waals surface area (Å²) in [7, 11) is 0. The third-order valence-electron chi connectivity index (χ3n) is 4.98. The van der Waals surface area contributed by atoms with Crippen LogP contribution in [-0.4, -0.2) is 6.03 Å². The highest BCUT2D eigenvalue weighted by molar-refractivity contribution is 5.90. The molecule has 1 saturated carbocycles. The van der Waals surface area contributed by atoms with Gasteiger partial charge in [0.1, 0.15) is 11.5 Å². The van der Waals surface area contributed by atoms with Crippen LogP contribution in [0.1, 0.15) is 24.8 Å². The molecule has 4 heteroatoms. The van der Waals surface area contributed by atoms with Crippen LogP contribution in [-0.2, 0) is 5.54 Å². The molecule has 0 saturated heterocycles. The topological polar surface area (TPSA) is 50.4 Å². The minimum atomic E-state index is -0.248. The molecule has 0 radical (unpaired) electrons. The van der Waals surface area contributed by atoms with Gasteiger partial charge < -0.3 is 15.4 Å². The average Bonchev–Trinajstić information content (AvgIpc) is 2.68. The highest BCUT2D eigenvalue weighted by Crippen LogP contribution is 2.41. The molecule has 136 valence electrons. The molecule has 0 unspecified atom stereocenters. The Kier molecular flexibility index (Phi) is 4.79. The maximum atomic E-state index is 12.5. The molecule has 0 atom stereocenters. The van der Waals surface area contributed by atoms with Crippen molar-refractivity contribution >= 4 is 11.7 Å². The van der Waals surface area contributed by atoms with Crippen molar-refractivity contribution in [3.05, 3.63) is 90.5 Å². The zero-order valence-electron chi connectivity index (χ0n) is 15.0. The largest absolute Gasteiger partial charge is 0.457 e. The van der Waals surface area contributed by atoms with E-state index in [4.69, 9.17) is 4.74 Å². The summed E-state index contributed by atoms with van der Waals surface area (Å²) in [6.07, 6.45) is 3.06. The molecule has 0 aliphatic heterocycles. The fourth-order valence-corrected chi connectivity index (χ4v) is 3.38. The second kappa shape index (κ2) is 7.54. The van der Waals surface area contributed by atoms with E-state index in [2.05, 4.69) is 22.8 Å². The molecule has 2 amide bonds. The van der Waals surface area contributed by atoms with Gasteiger partial charge in [0.05, 0.1) is 5.54 Å². The van der Waals surface area contributed by atoms with Crippen LogP contribution in [0.4, 0.5) is 10.5 Å². The minimum absolute atomic E-state index is 0.185. The lowest BCUT2D eigenvalue weighted by Gasteiger charge is -2.43. The van der Waals surface area contributed by atoms with Crippen molar-refractivity contribution in [2.45, 2.75) is 24.8 Å². The number of hydrogen-bond donors (Lipinski definition) is 2. The Bertz CT molecular complexity index is 889. The molecule has 27 heavy (non-hydrogen) atoms. The van der Waals surface area contributed by atoms with Crippen LogP contribution in [0.5, 0.6) is 11.5 Å². The summed E-state index contributed by atoms with van der Waals surface area (Å²) in [4.78, 5) is 12.5. The van der Waals surface area contributed by atoms with Crippen molar-refractivity contribution in [1.29, 1.82) is 0 Å². The normalized spacial score (nSPS) is 14.7. The number of urea groups is 1. The van der Waals surface area contributed by atoms with Gasteiger partial charge in [0.25, 0.3) is 0 Å². The maximum absolute atomic E-state index is 12.5. The molecule has 2 N–H and O–H groups in total. The van der Waals surface area contributed by atoms with Crippen molar-refractivity contribution in [1.82, 2.24) is 5.32 Å². The van der Waals surface area contributed by atoms with Crippen LogP contribution in [0.2, 0.25) is 0 Å². The summed E-state index contributed by atoms with van der Waals surface area (Å²) >= 11 is 0. The first-order valence-corrected chi connectivity index (χ1v) is 9.21. The average molecular weight is 358 g/mol. The van der Waals surface area contributed by atoms with Crippen LogP contribution in [0.25, 0.3) is 0 Å². The van der Waals surface area contributed by atoms with E-state index in [1.165, 1.54) is 0 Å². The first kappa shape index (κ1) is 17.2. The number of amides is 2. The quantitative estimate of drug-likeness (QED) is 0.616. The summed E-state index contributed by atoms with van der Waals surface area (Å²) in [6.45, 7) is 0. The van der Waals surface area contributed by atoms with E-state index < -0.39 is 0 Å². The van der Waals surface area contributed by atoms with E-state index in [0.717, 1.165) is 42.0 Å². The minimum Gasteiger partial charge on any atom is -0.457 e. The standard InChI is InChI=1S/C23H22N2O2/c26-22(25-23(16-7-17-23)18-8-3-1-4-9-18)24-19-12-14-21(15-13-19)27-20-10-5-2-6-11-20/h1-6,8-15H,7,16-17H2,(H2,24,25,26). The van der Waals surface area contributed by atoms with Gasteiger partial charge in [-0.1, -0.05) is 48.5 Å². The molecule has 1 aliphatic rings. The van der Waals surface area contributed by atoms with Crippen LogP contribution in [0.3, 0.4) is 0 Å². The number of hydrogen-bond acceptors (Lipinski definition) is 2. The Morgan fingerprint density at radius 2 is 1.37 bits per heavy atom. The number of ether oxygens (including phenoxy) is 1. The van der Waals surface area contributed by atoms with Gasteiger partial charge in [0, 0.05) is 5.69 Å². The third-order valence-corrected chi connectivity index (χ3v) is 4.98. The molecule has 1 aliphatic carbocycles. The fourth-order valence-electron chi connectivity index (χ4n) is 3.38.